The molecule has 0 amide bonds. The summed E-state index contributed by atoms with van der Waals surface area (Å²) in [5, 5.41) is 0. The molecule has 0 heterocycles. The fraction of sp³-hybridized carbons (Fsp3) is 0.0769. The Labute approximate surface area is 112 Å². The third kappa shape index (κ3) is 2.45. The standard InChI is InChI=1S/C13H11F4N3/c14-6-1-4-10(18)8(5-6)13(20-19)7-2-3-9(15)12(17)11(7)16/h1-5,13,20H,18-19H2. The molecule has 2 aromatic carbocycles. The zero-order valence-electron chi connectivity index (χ0n) is 10.1. The van der Waals surface area contributed by atoms with E-state index >= 15 is 0 Å². The van der Waals surface area contributed by atoms with Crippen LogP contribution in [-0.2, 0) is 0 Å². The molecule has 1 atom stereocenters. The molecule has 0 spiro atoms. The number of hydrogen-bond acceptors (Lipinski definition) is 3. The van der Waals surface area contributed by atoms with Crippen LogP contribution in [0.25, 0.3) is 0 Å². The van der Waals surface area contributed by atoms with Gasteiger partial charge in [0.05, 0.1) is 6.04 Å². The highest BCUT2D eigenvalue weighted by Crippen LogP contribution is 2.30. The van der Waals surface area contributed by atoms with Crippen LogP contribution in [-0.4, -0.2) is 0 Å². The largest absolute Gasteiger partial charge is 0.398 e. The summed E-state index contributed by atoms with van der Waals surface area (Å²) in [5.74, 6) is 0.331. The van der Waals surface area contributed by atoms with E-state index in [1.807, 2.05) is 0 Å². The van der Waals surface area contributed by atoms with E-state index in [0.29, 0.717) is 0 Å². The van der Waals surface area contributed by atoms with Gasteiger partial charge < -0.3 is 5.73 Å². The minimum Gasteiger partial charge on any atom is -0.398 e. The van der Waals surface area contributed by atoms with Crippen LogP contribution in [0.15, 0.2) is 30.3 Å². The van der Waals surface area contributed by atoms with E-state index < -0.39 is 29.3 Å². The first kappa shape index (κ1) is 14.3. The number of hydrogen-bond donors (Lipinski definition) is 3. The maximum Gasteiger partial charge on any atom is 0.194 e. The summed E-state index contributed by atoms with van der Waals surface area (Å²) in [7, 11) is 0. The molecule has 0 aliphatic heterocycles. The molecule has 2 rings (SSSR count). The van der Waals surface area contributed by atoms with Crippen LogP contribution >= 0.6 is 0 Å². The maximum absolute atomic E-state index is 13.8. The first-order valence-electron chi connectivity index (χ1n) is 5.60. The lowest BCUT2D eigenvalue weighted by Crippen LogP contribution is -2.30. The van der Waals surface area contributed by atoms with E-state index in [4.69, 9.17) is 11.6 Å². The van der Waals surface area contributed by atoms with Gasteiger partial charge in [-0.3, -0.25) is 5.84 Å². The van der Waals surface area contributed by atoms with Crippen molar-refractivity contribution in [3.8, 4) is 0 Å². The van der Waals surface area contributed by atoms with Gasteiger partial charge in [-0.05, 0) is 24.3 Å². The second-order valence-corrected chi connectivity index (χ2v) is 4.14. The minimum atomic E-state index is -1.63. The molecule has 1 unspecified atom stereocenters. The van der Waals surface area contributed by atoms with Crippen LogP contribution in [0.5, 0.6) is 0 Å². The topological polar surface area (TPSA) is 64.1 Å². The normalized spacial score (nSPS) is 12.4. The second-order valence-electron chi connectivity index (χ2n) is 4.14. The number of halogens is 4. The van der Waals surface area contributed by atoms with Crippen molar-refractivity contribution >= 4 is 5.69 Å². The van der Waals surface area contributed by atoms with Gasteiger partial charge in [0.15, 0.2) is 17.5 Å². The van der Waals surface area contributed by atoms with Crippen LogP contribution in [0.1, 0.15) is 17.2 Å². The molecule has 0 radical (unpaired) electrons. The average molecular weight is 285 g/mol. The number of nitrogens with one attached hydrogen (secondary N) is 1. The molecule has 2 aromatic rings. The second kappa shape index (κ2) is 5.48. The fourth-order valence-electron chi connectivity index (χ4n) is 1.91. The van der Waals surface area contributed by atoms with E-state index in [-0.39, 0.29) is 16.8 Å². The Morgan fingerprint density at radius 2 is 1.60 bits per heavy atom. The molecular weight excluding hydrogens is 274 g/mol. The van der Waals surface area contributed by atoms with Crippen LogP contribution in [0.3, 0.4) is 0 Å². The Bertz CT molecular complexity index is 646. The molecule has 0 aromatic heterocycles. The van der Waals surface area contributed by atoms with E-state index in [2.05, 4.69) is 5.43 Å². The smallest absolute Gasteiger partial charge is 0.194 e. The summed E-state index contributed by atoms with van der Waals surface area (Å²) < 4.78 is 53.2. The molecule has 3 nitrogen and oxygen atoms in total. The van der Waals surface area contributed by atoms with Crippen molar-refractivity contribution in [3.63, 3.8) is 0 Å². The molecule has 20 heavy (non-hydrogen) atoms. The summed E-state index contributed by atoms with van der Waals surface area (Å²) in [6.45, 7) is 0. The molecular formula is C13H11F4N3. The molecule has 7 heteroatoms. The van der Waals surface area contributed by atoms with Crippen molar-refractivity contribution in [1.29, 1.82) is 0 Å². The monoisotopic (exact) mass is 285 g/mol. The Morgan fingerprint density at radius 3 is 2.25 bits per heavy atom. The lowest BCUT2D eigenvalue weighted by Gasteiger charge is -2.19. The Balaban J connectivity index is 2.58. The number of hydrazine groups is 1. The van der Waals surface area contributed by atoms with E-state index in [1.54, 1.807) is 0 Å². The van der Waals surface area contributed by atoms with Gasteiger partial charge in [-0.15, -0.1) is 0 Å². The third-order valence-corrected chi connectivity index (χ3v) is 2.90. The van der Waals surface area contributed by atoms with Gasteiger partial charge in [0.25, 0.3) is 0 Å². The SMILES string of the molecule is NNC(c1cc(F)ccc1N)c1ccc(F)c(F)c1F. The third-order valence-electron chi connectivity index (χ3n) is 2.90. The van der Waals surface area contributed by atoms with Crippen LogP contribution < -0.4 is 17.0 Å². The molecule has 0 aliphatic carbocycles. The zero-order chi connectivity index (χ0) is 14.9. The first-order chi connectivity index (χ1) is 9.45. The summed E-state index contributed by atoms with van der Waals surface area (Å²) >= 11 is 0. The number of rotatable bonds is 3. The maximum atomic E-state index is 13.8. The summed E-state index contributed by atoms with van der Waals surface area (Å²) in [4.78, 5) is 0. The van der Waals surface area contributed by atoms with Crippen LogP contribution in [0.4, 0.5) is 23.2 Å². The van der Waals surface area contributed by atoms with Crippen molar-refractivity contribution in [3.05, 3.63) is 64.7 Å². The number of nitrogen functional groups attached to an aromatic ring is 1. The molecule has 106 valence electrons. The van der Waals surface area contributed by atoms with E-state index in [9.17, 15) is 17.6 Å². The van der Waals surface area contributed by atoms with Crippen LogP contribution in [0, 0.1) is 23.3 Å². The van der Waals surface area contributed by atoms with Crippen molar-refractivity contribution in [2.24, 2.45) is 5.84 Å². The highest BCUT2D eigenvalue weighted by atomic mass is 19.2. The van der Waals surface area contributed by atoms with Gasteiger partial charge in [0.2, 0.25) is 0 Å². The Morgan fingerprint density at radius 1 is 0.900 bits per heavy atom. The van der Waals surface area contributed by atoms with Gasteiger partial charge in [0, 0.05) is 16.8 Å². The molecule has 0 bridgehead atoms. The average Bonchev–Trinajstić information content (AvgIpc) is 2.43. The highest BCUT2D eigenvalue weighted by Gasteiger charge is 2.23. The molecule has 5 N–H and O–H groups in total. The molecule has 0 aliphatic rings. The summed E-state index contributed by atoms with van der Waals surface area (Å²) in [6, 6.07) is 4.10. The van der Waals surface area contributed by atoms with Crippen molar-refractivity contribution in [2.45, 2.75) is 6.04 Å². The summed E-state index contributed by atoms with van der Waals surface area (Å²) in [5.41, 5.74) is 7.87. The van der Waals surface area contributed by atoms with E-state index in [0.717, 1.165) is 24.3 Å². The van der Waals surface area contributed by atoms with E-state index in [1.165, 1.54) is 6.07 Å². The first-order valence-corrected chi connectivity index (χ1v) is 5.60. The fourth-order valence-corrected chi connectivity index (χ4v) is 1.91. The van der Waals surface area contributed by atoms with Gasteiger partial charge in [-0.2, -0.15) is 0 Å². The zero-order valence-corrected chi connectivity index (χ0v) is 10.1. The minimum absolute atomic E-state index is 0.123. The Kier molecular flexibility index (Phi) is 3.91. The number of nitrogens with two attached hydrogens (primary N) is 2. The van der Waals surface area contributed by atoms with Gasteiger partial charge in [-0.1, -0.05) is 6.07 Å². The predicted molar refractivity (Wildman–Crippen MR) is 66.3 cm³/mol. The van der Waals surface area contributed by atoms with Crippen LogP contribution in [0.2, 0.25) is 0 Å². The molecule has 0 saturated carbocycles. The summed E-state index contributed by atoms with van der Waals surface area (Å²) in [6.07, 6.45) is 0. The predicted octanol–water partition coefficient (Wildman–Crippen LogP) is 2.38. The van der Waals surface area contributed by atoms with Crippen molar-refractivity contribution < 1.29 is 17.6 Å². The number of anilines is 1. The van der Waals surface area contributed by atoms with Crippen molar-refractivity contribution in [1.82, 2.24) is 5.43 Å². The van der Waals surface area contributed by atoms with Gasteiger partial charge >= 0.3 is 0 Å². The Hall–Kier alpha value is -2.12. The number of benzene rings is 2. The van der Waals surface area contributed by atoms with Gasteiger partial charge in [-0.25, -0.2) is 23.0 Å². The molecule has 0 saturated heterocycles. The highest BCUT2D eigenvalue weighted by molar-refractivity contribution is 5.51. The quantitative estimate of drug-likeness (QED) is 0.267. The van der Waals surface area contributed by atoms with Gasteiger partial charge in [0.1, 0.15) is 5.82 Å². The lowest BCUT2D eigenvalue weighted by atomic mass is 9.97. The van der Waals surface area contributed by atoms with Crippen molar-refractivity contribution in [2.75, 3.05) is 5.73 Å². The molecule has 0 fully saturated rings. The lowest BCUT2D eigenvalue weighted by molar-refractivity contribution is 0.433.